The number of hydrogen-bond acceptors (Lipinski definition) is 5. The minimum Gasteiger partial charge on any atom is -0.496 e. The Labute approximate surface area is 211 Å². The number of nitrogens with zero attached hydrogens (tertiary/aromatic N) is 2. The number of nitrogens with two attached hydrogens (primary N) is 2. The number of amides is 2. The Morgan fingerprint density at radius 1 is 1.21 bits per heavy atom. The van der Waals surface area contributed by atoms with Crippen molar-refractivity contribution in [2.24, 2.45) is 5.73 Å². The number of alkyl halides is 3. The zero-order valence-electron chi connectivity index (χ0n) is 19.9. The van der Waals surface area contributed by atoms with Crippen molar-refractivity contribution >= 4 is 28.5 Å². The number of aromatic amines is 1. The molecule has 0 radical (unpaired) electrons. The summed E-state index contributed by atoms with van der Waals surface area (Å²) in [6.45, 7) is 0.440. The van der Waals surface area contributed by atoms with Gasteiger partial charge in [-0.05, 0) is 37.3 Å². The average molecular weight is 536 g/mol. The van der Waals surface area contributed by atoms with Gasteiger partial charge in [-0.2, -0.15) is 18.3 Å². The van der Waals surface area contributed by atoms with E-state index in [1.54, 1.807) is 0 Å². The SMILES string of the molecule is COc1ccc(F)cc1C(=O)NCc1c(F)cc(-c2nn(C(C)C(F)(F)F)c(N)c2C(N)=O)c2cc[nH]c12. The molecule has 1 unspecified atom stereocenters. The molecule has 2 aromatic heterocycles. The number of halogens is 5. The van der Waals surface area contributed by atoms with E-state index in [0.717, 1.165) is 25.1 Å². The summed E-state index contributed by atoms with van der Waals surface area (Å²) in [6, 6.07) is 3.58. The van der Waals surface area contributed by atoms with Crippen LogP contribution >= 0.6 is 0 Å². The highest BCUT2D eigenvalue weighted by Crippen LogP contribution is 2.39. The lowest BCUT2D eigenvalue weighted by Gasteiger charge is -2.17. The first kappa shape index (κ1) is 26.4. The van der Waals surface area contributed by atoms with E-state index in [4.69, 9.17) is 16.2 Å². The number of nitrogen functional groups attached to an aromatic ring is 1. The molecule has 2 aromatic carbocycles. The van der Waals surface area contributed by atoms with Crippen molar-refractivity contribution in [3.8, 4) is 17.0 Å². The first-order valence-electron chi connectivity index (χ1n) is 11.0. The zero-order valence-corrected chi connectivity index (χ0v) is 19.9. The molecule has 2 heterocycles. The van der Waals surface area contributed by atoms with Gasteiger partial charge in [0.25, 0.3) is 11.8 Å². The number of benzene rings is 2. The largest absolute Gasteiger partial charge is 0.496 e. The number of H-pyrrole nitrogens is 1. The molecule has 0 bridgehead atoms. The fourth-order valence-corrected chi connectivity index (χ4v) is 4.06. The van der Waals surface area contributed by atoms with E-state index in [9.17, 15) is 27.2 Å². The number of methoxy groups -OCH3 is 1. The van der Waals surface area contributed by atoms with Gasteiger partial charge in [0.05, 0.1) is 18.2 Å². The van der Waals surface area contributed by atoms with Crippen molar-refractivity contribution in [1.29, 1.82) is 0 Å². The Balaban J connectivity index is 1.77. The maximum Gasteiger partial charge on any atom is 0.410 e. The number of aromatic nitrogens is 3. The maximum absolute atomic E-state index is 15.4. The predicted octanol–water partition coefficient (Wildman–Crippen LogP) is 4.05. The molecule has 200 valence electrons. The van der Waals surface area contributed by atoms with E-state index in [0.29, 0.717) is 4.68 Å². The highest BCUT2D eigenvalue weighted by atomic mass is 19.4. The first-order chi connectivity index (χ1) is 17.8. The Kier molecular flexibility index (Phi) is 6.74. The summed E-state index contributed by atoms with van der Waals surface area (Å²) in [4.78, 5) is 27.6. The third kappa shape index (κ3) is 4.60. The lowest BCUT2D eigenvalue weighted by Crippen LogP contribution is -2.26. The lowest BCUT2D eigenvalue weighted by molar-refractivity contribution is -0.164. The molecule has 0 fully saturated rings. The Hall–Kier alpha value is -4.62. The molecule has 6 N–H and O–H groups in total. The molecule has 9 nitrogen and oxygen atoms in total. The second-order valence-electron chi connectivity index (χ2n) is 8.31. The summed E-state index contributed by atoms with van der Waals surface area (Å²) >= 11 is 0. The van der Waals surface area contributed by atoms with Crippen LogP contribution < -0.4 is 21.5 Å². The van der Waals surface area contributed by atoms with Gasteiger partial charge in [0.15, 0.2) is 0 Å². The number of fused-ring (bicyclic) bond motifs is 1. The van der Waals surface area contributed by atoms with E-state index in [1.165, 1.54) is 25.4 Å². The molecule has 0 saturated heterocycles. The summed E-state index contributed by atoms with van der Waals surface area (Å²) < 4.78 is 74.6. The second-order valence-corrected chi connectivity index (χ2v) is 8.31. The van der Waals surface area contributed by atoms with Crippen LogP contribution in [0.1, 0.15) is 39.2 Å². The van der Waals surface area contributed by atoms with Gasteiger partial charge in [0, 0.05) is 29.3 Å². The normalized spacial score (nSPS) is 12.5. The quantitative estimate of drug-likeness (QED) is 0.264. The van der Waals surface area contributed by atoms with Gasteiger partial charge in [0.2, 0.25) is 0 Å². The zero-order chi connectivity index (χ0) is 27.9. The summed E-state index contributed by atoms with van der Waals surface area (Å²) in [7, 11) is 1.30. The smallest absolute Gasteiger partial charge is 0.410 e. The van der Waals surface area contributed by atoms with Crippen LogP contribution in [0.3, 0.4) is 0 Å². The van der Waals surface area contributed by atoms with Crippen LogP contribution in [0.2, 0.25) is 0 Å². The number of hydrogen-bond donors (Lipinski definition) is 4. The van der Waals surface area contributed by atoms with Crippen LogP contribution in [-0.2, 0) is 6.54 Å². The summed E-state index contributed by atoms with van der Waals surface area (Å²) in [5, 5.41) is 6.64. The van der Waals surface area contributed by atoms with Gasteiger partial charge in [0.1, 0.15) is 40.5 Å². The Morgan fingerprint density at radius 2 is 1.92 bits per heavy atom. The minimum atomic E-state index is -4.74. The van der Waals surface area contributed by atoms with Gasteiger partial charge in [-0.15, -0.1) is 0 Å². The van der Waals surface area contributed by atoms with E-state index < -0.39 is 47.0 Å². The molecule has 4 rings (SSSR count). The van der Waals surface area contributed by atoms with Gasteiger partial charge < -0.3 is 26.5 Å². The number of nitrogens with one attached hydrogen (secondary N) is 2. The highest BCUT2D eigenvalue weighted by Gasteiger charge is 2.40. The number of rotatable bonds is 7. The predicted molar refractivity (Wildman–Crippen MR) is 127 cm³/mol. The van der Waals surface area contributed by atoms with Crippen molar-refractivity contribution in [1.82, 2.24) is 20.1 Å². The standard InChI is InChI=1S/C24H21F5N6O3/c1-10(24(27,28)29)35-21(30)18(22(31)36)20(34-35)13-8-16(26)15(19-12(13)5-6-32-19)9-33-23(37)14-7-11(25)3-4-17(14)38-2/h3-8,10,32H,9,30H2,1-2H3,(H2,31,36)(H,33,37). The van der Waals surface area contributed by atoms with Crippen LogP contribution in [0.4, 0.5) is 27.8 Å². The molecular weight excluding hydrogens is 515 g/mol. The van der Waals surface area contributed by atoms with Gasteiger partial charge in [-0.1, -0.05) is 0 Å². The minimum absolute atomic E-state index is 0.0193. The van der Waals surface area contributed by atoms with Gasteiger partial charge >= 0.3 is 6.18 Å². The summed E-state index contributed by atoms with van der Waals surface area (Å²) in [6.07, 6.45) is -3.31. The third-order valence-corrected chi connectivity index (χ3v) is 6.02. The van der Waals surface area contributed by atoms with Crippen molar-refractivity contribution in [2.45, 2.75) is 25.7 Å². The molecule has 2 amide bonds. The lowest BCUT2D eigenvalue weighted by atomic mass is 9.99. The monoisotopic (exact) mass is 536 g/mol. The fourth-order valence-electron chi connectivity index (χ4n) is 4.06. The van der Waals surface area contributed by atoms with Crippen molar-refractivity contribution in [2.75, 3.05) is 12.8 Å². The molecule has 0 spiro atoms. The Morgan fingerprint density at radius 3 is 2.55 bits per heavy atom. The molecule has 38 heavy (non-hydrogen) atoms. The number of ether oxygens (including phenoxy) is 1. The number of anilines is 1. The molecule has 0 aliphatic rings. The van der Waals surface area contributed by atoms with Gasteiger partial charge in [-0.25, -0.2) is 13.5 Å². The van der Waals surface area contributed by atoms with Crippen LogP contribution in [0.15, 0.2) is 36.5 Å². The first-order valence-corrected chi connectivity index (χ1v) is 11.0. The average Bonchev–Trinajstić information content (AvgIpc) is 3.46. The summed E-state index contributed by atoms with van der Waals surface area (Å²) in [5.74, 6) is -3.97. The van der Waals surface area contributed by atoms with Crippen LogP contribution in [-0.4, -0.2) is 39.9 Å². The molecule has 0 aliphatic carbocycles. The maximum atomic E-state index is 15.4. The molecule has 4 aromatic rings. The fraction of sp³-hybridized carbons (Fsp3) is 0.208. The number of carbonyl (C=O) groups excluding carboxylic acids is 2. The van der Waals surface area contributed by atoms with Crippen LogP contribution in [0, 0.1) is 11.6 Å². The third-order valence-electron chi connectivity index (χ3n) is 6.02. The molecule has 14 heteroatoms. The van der Waals surface area contributed by atoms with Crippen molar-refractivity contribution < 1.29 is 36.3 Å². The van der Waals surface area contributed by atoms with Crippen molar-refractivity contribution in [3.63, 3.8) is 0 Å². The van der Waals surface area contributed by atoms with Crippen molar-refractivity contribution in [3.05, 3.63) is 64.9 Å². The highest BCUT2D eigenvalue weighted by molar-refractivity contribution is 6.07. The van der Waals surface area contributed by atoms with Gasteiger partial charge in [-0.3, -0.25) is 9.59 Å². The van der Waals surface area contributed by atoms with Crippen LogP contribution in [0.5, 0.6) is 5.75 Å². The number of primary amides is 1. The second kappa shape index (κ2) is 9.68. The van der Waals surface area contributed by atoms with E-state index in [-0.39, 0.29) is 45.6 Å². The van der Waals surface area contributed by atoms with E-state index in [2.05, 4.69) is 15.4 Å². The topological polar surface area (TPSA) is 141 Å². The molecule has 0 saturated carbocycles. The number of carbonyl (C=O) groups is 2. The molecular formula is C24H21F5N6O3. The van der Waals surface area contributed by atoms with Crippen LogP contribution in [0.25, 0.3) is 22.2 Å². The molecule has 0 aliphatic heterocycles. The van der Waals surface area contributed by atoms with E-state index >= 15 is 4.39 Å². The Bertz CT molecular complexity index is 1560. The summed E-state index contributed by atoms with van der Waals surface area (Å²) in [5.41, 5.74) is 10.4. The van der Waals surface area contributed by atoms with E-state index in [1.807, 2.05) is 0 Å². The molecule has 1 atom stereocenters.